The van der Waals surface area contributed by atoms with Crippen molar-refractivity contribution >= 4 is 52.5 Å². The second kappa shape index (κ2) is 12.9. The molecular weight excluding hydrogens is 544 g/mol. The Morgan fingerprint density at radius 1 is 1.22 bits per heavy atom. The molecule has 1 aliphatic rings. The van der Waals surface area contributed by atoms with Crippen molar-refractivity contribution in [3.8, 4) is 0 Å². The Balaban J connectivity index is 0.00000363. The average Bonchev–Trinajstić information content (AvgIpc) is 3.27. The highest BCUT2D eigenvalue weighted by molar-refractivity contribution is 14.0. The molecule has 0 radical (unpaired) electrons. The lowest BCUT2D eigenvalue weighted by molar-refractivity contribution is 0.0954. The number of halogens is 2. The summed E-state index contributed by atoms with van der Waals surface area (Å²) >= 11 is 1.46. The van der Waals surface area contributed by atoms with Gasteiger partial charge in [0.05, 0.1) is 6.54 Å². The molecule has 0 saturated carbocycles. The van der Waals surface area contributed by atoms with Gasteiger partial charge in [-0.3, -0.25) is 9.79 Å². The number of aromatic nitrogens is 2. The summed E-state index contributed by atoms with van der Waals surface area (Å²) < 4.78 is 18.0. The van der Waals surface area contributed by atoms with Crippen molar-refractivity contribution in [2.45, 2.75) is 27.2 Å². The molecule has 0 bridgehead atoms. The Morgan fingerprint density at radius 3 is 2.59 bits per heavy atom. The van der Waals surface area contributed by atoms with Crippen LogP contribution in [0.25, 0.3) is 0 Å². The van der Waals surface area contributed by atoms with Crippen LogP contribution in [0.5, 0.6) is 0 Å². The van der Waals surface area contributed by atoms with Crippen LogP contribution >= 0.6 is 35.5 Å². The van der Waals surface area contributed by atoms with Gasteiger partial charge in [0.1, 0.15) is 11.6 Å². The van der Waals surface area contributed by atoms with Crippen molar-refractivity contribution in [1.82, 2.24) is 24.9 Å². The van der Waals surface area contributed by atoms with Gasteiger partial charge >= 0.3 is 0 Å². The number of hydrogen-bond acceptors (Lipinski definition) is 6. The van der Waals surface area contributed by atoms with E-state index in [1.165, 1.54) is 17.6 Å². The number of anilines is 1. The average molecular weight is 575 g/mol. The van der Waals surface area contributed by atoms with Crippen LogP contribution in [0.1, 0.15) is 35.6 Å². The summed E-state index contributed by atoms with van der Waals surface area (Å²) in [5, 5.41) is 7.11. The standard InChI is InChI=1S/C21H30FN7OS.HI/c1-4-18-26-21(31-27-18)29-12-10-28(11-13-29)20(23-5-2)25-9-8-24-19(30)16-7-6-15(3)17(22)14-16;/h6-7,14H,4-5,8-13H2,1-3H3,(H,23,25)(H,24,30);1H. The Morgan fingerprint density at radius 2 is 1.97 bits per heavy atom. The third-order valence-electron chi connectivity index (χ3n) is 5.05. The number of nitrogens with one attached hydrogen (secondary N) is 2. The van der Waals surface area contributed by atoms with Gasteiger partial charge in [0.2, 0.25) is 5.13 Å². The lowest BCUT2D eigenvalue weighted by Gasteiger charge is -2.36. The van der Waals surface area contributed by atoms with Crippen LogP contribution in [0.15, 0.2) is 23.2 Å². The number of amides is 1. The molecule has 1 fully saturated rings. The molecule has 3 rings (SSSR count). The van der Waals surface area contributed by atoms with Crippen LogP contribution in [-0.2, 0) is 6.42 Å². The quantitative estimate of drug-likeness (QED) is 0.229. The number of nitrogens with zero attached hydrogens (tertiary/aromatic N) is 5. The fraction of sp³-hybridized carbons (Fsp3) is 0.524. The van der Waals surface area contributed by atoms with E-state index in [1.807, 2.05) is 6.92 Å². The number of carbonyl (C=O) groups excluding carboxylic acids is 1. The third kappa shape index (κ3) is 6.99. The van der Waals surface area contributed by atoms with Crippen LogP contribution in [-0.4, -0.2) is 71.9 Å². The zero-order valence-corrected chi connectivity index (χ0v) is 21.9. The number of aliphatic imine (C=N–C) groups is 1. The van der Waals surface area contributed by atoms with Gasteiger partial charge in [-0.05, 0) is 31.5 Å². The van der Waals surface area contributed by atoms with E-state index in [0.29, 0.717) is 24.2 Å². The maximum absolute atomic E-state index is 13.7. The largest absolute Gasteiger partial charge is 0.357 e. The highest BCUT2D eigenvalue weighted by Crippen LogP contribution is 2.19. The molecule has 8 nitrogen and oxygen atoms in total. The SMILES string of the molecule is CCNC(=NCCNC(=O)c1ccc(C)c(F)c1)N1CCN(c2nc(CC)ns2)CC1.I. The minimum Gasteiger partial charge on any atom is -0.357 e. The molecule has 2 aromatic rings. The van der Waals surface area contributed by atoms with E-state index in [1.54, 1.807) is 19.1 Å². The first-order valence-electron chi connectivity index (χ1n) is 10.7. The van der Waals surface area contributed by atoms with Crippen LogP contribution in [0.3, 0.4) is 0 Å². The second-order valence-electron chi connectivity index (χ2n) is 7.28. The highest BCUT2D eigenvalue weighted by Gasteiger charge is 2.22. The summed E-state index contributed by atoms with van der Waals surface area (Å²) in [4.78, 5) is 25.9. The molecule has 11 heteroatoms. The monoisotopic (exact) mass is 575 g/mol. The Labute approximate surface area is 209 Å². The molecule has 1 aliphatic heterocycles. The Kier molecular flexibility index (Phi) is 10.6. The Bertz CT molecular complexity index is 915. The van der Waals surface area contributed by atoms with Gasteiger partial charge in [0, 0.05) is 62.8 Å². The number of aryl methyl sites for hydroxylation is 2. The lowest BCUT2D eigenvalue weighted by Crippen LogP contribution is -2.52. The maximum atomic E-state index is 13.7. The maximum Gasteiger partial charge on any atom is 0.251 e. The van der Waals surface area contributed by atoms with E-state index in [9.17, 15) is 9.18 Å². The smallest absolute Gasteiger partial charge is 0.251 e. The van der Waals surface area contributed by atoms with Crippen molar-refractivity contribution < 1.29 is 9.18 Å². The lowest BCUT2D eigenvalue weighted by atomic mass is 10.1. The molecule has 176 valence electrons. The van der Waals surface area contributed by atoms with Gasteiger partial charge in [-0.25, -0.2) is 9.37 Å². The van der Waals surface area contributed by atoms with E-state index < -0.39 is 0 Å². The van der Waals surface area contributed by atoms with Crippen molar-refractivity contribution in [3.63, 3.8) is 0 Å². The summed E-state index contributed by atoms with van der Waals surface area (Å²) in [6, 6.07) is 4.50. The molecule has 2 heterocycles. The molecule has 0 atom stereocenters. The number of piperazine rings is 1. The topological polar surface area (TPSA) is 85.8 Å². The summed E-state index contributed by atoms with van der Waals surface area (Å²) in [6.07, 6.45) is 0.850. The summed E-state index contributed by atoms with van der Waals surface area (Å²) in [5.74, 6) is 1.06. The van der Waals surface area contributed by atoms with E-state index in [0.717, 1.165) is 56.1 Å². The van der Waals surface area contributed by atoms with Crippen LogP contribution in [0.4, 0.5) is 9.52 Å². The van der Waals surface area contributed by atoms with E-state index >= 15 is 0 Å². The molecule has 2 N–H and O–H groups in total. The minimum absolute atomic E-state index is 0. The number of hydrogen-bond donors (Lipinski definition) is 2. The van der Waals surface area contributed by atoms with Crippen molar-refractivity contribution in [2.24, 2.45) is 4.99 Å². The zero-order chi connectivity index (χ0) is 22.2. The van der Waals surface area contributed by atoms with Crippen molar-refractivity contribution in [1.29, 1.82) is 0 Å². The van der Waals surface area contributed by atoms with Gasteiger partial charge in [-0.15, -0.1) is 24.0 Å². The van der Waals surface area contributed by atoms with Crippen molar-refractivity contribution in [3.05, 3.63) is 41.0 Å². The summed E-state index contributed by atoms with van der Waals surface area (Å²) in [6.45, 7) is 10.7. The number of rotatable bonds is 7. The fourth-order valence-electron chi connectivity index (χ4n) is 3.22. The van der Waals surface area contributed by atoms with Gasteiger partial charge in [-0.1, -0.05) is 13.0 Å². The predicted molar refractivity (Wildman–Crippen MR) is 138 cm³/mol. The molecule has 32 heavy (non-hydrogen) atoms. The first-order chi connectivity index (χ1) is 15.0. The Hall–Kier alpha value is -2.02. The molecule has 1 aromatic heterocycles. The van der Waals surface area contributed by atoms with Crippen LogP contribution < -0.4 is 15.5 Å². The van der Waals surface area contributed by atoms with Gasteiger partial charge < -0.3 is 20.4 Å². The van der Waals surface area contributed by atoms with Crippen molar-refractivity contribution in [2.75, 3.05) is 50.7 Å². The first-order valence-corrected chi connectivity index (χ1v) is 11.4. The van der Waals surface area contributed by atoms with Crippen LogP contribution in [0.2, 0.25) is 0 Å². The molecule has 0 aliphatic carbocycles. The molecular formula is C21H31FIN7OS. The molecule has 0 unspecified atom stereocenters. The van der Waals surface area contributed by atoms with E-state index in [2.05, 4.69) is 41.7 Å². The third-order valence-corrected chi connectivity index (χ3v) is 5.87. The number of carbonyl (C=O) groups is 1. The first kappa shape index (κ1) is 26.2. The predicted octanol–water partition coefficient (Wildman–Crippen LogP) is 2.68. The minimum atomic E-state index is -0.376. The molecule has 1 saturated heterocycles. The van der Waals surface area contributed by atoms with Gasteiger partial charge in [0.15, 0.2) is 5.96 Å². The summed E-state index contributed by atoms with van der Waals surface area (Å²) in [7, 11) is 0. The number of benzene rings is 1. The fourth-order valence-corrected chi connectivity index (χ4v) is 4.02. The second-order valence-corrected chi connectivity index (χ2v) is 8.01. The van der Waals surface area contributed by atoms with E-state index in [4.69, 9.17) is 0 Å². The zero-order valence-electron chi connectivity index (χ0n) is 18.7. The molecule has 0 spiro atoms. The van der Waals surface area contributed by atoms with Crippen LogP contribution in [0, 0.1) is 12.7 Å². The molecule has 1 amide bonds. The van der Waals surface area contributed by atoms with E-state index in [-0.39, 0.29) is 35.7 Å². The number of guanidine groups is 1. The molecule has 1 aromatic carbocycles. The highest BCUT2D eigenvalue weighted by atomic mass is 127. The normalized spacial score (nSPS) is 14.2. The van der Waals surface area contributed by atoms with Gasteiger partial charge in [-0.2, -0.15) is 4.37 Å². The summed E-state index contributed by atoms with van der Waals surface area (Å²) in [5.41, 5.74) is 0.839. The van der Waals surface area contributed by atoms with Gasteiger partial charge in [0.25, 0.3) is 5.91 Å².